The molecule has 0 aliphatic heterocycles. The van der Waals surface area contributed by atoms with E-state index in [1.807, 2.05) is 42.6 Å². The summed E-state index contributed by atoms with van der Waals surface area (Å²) >= 11 is 0. The van der Waals surface area contributed by atoms with E-state index in [2.05, 4.69) is 15.0 Å². The average molecular weight is 207 g/mol. The summed E-state index contributed by atoms with van der Waals surface area (Å²) in [7, 11) is 0. The van der Waals surface area contributed by atoms with Crippen molar-refractivity contribution >= 4 is 10.9 Å². The first-order valence-corrected chi connectivity index (χ1v) is 5.05. The molecule has 0 unspecified atom stereocenters. The number of benzene rings is 1. The number of hydrogen-bond acceptors (Lipinski definition) is 3. The number of rotatable bonds is 1. The second-order valence-corrected chi connectivity index (χ2v) is 3.48. The molecule has 0 saturated carbocycles. The van der Waals surface area contributed by atoms with Gasteiger partial charge in [-0.2, -0.15) is 0 Å². The van der Waals surface area contributed by atoms with Gasteiger partial charge in [0.1, 0.15) is 6.33 Å². The summed E-state index contributed by atoms with van der Waals surface area (Å²) in [5.74, 6) is 0. The van der Waals surface area contributed by atoms with E-state index in [1.165, 1.54) is 0 Å². The Labute approximate surface area is 92.8 Å². The molecule has 0 radical (unpaired) electrons. The van der Waals surface area contributed by atoms with E-state index in [9.17, 15) is 0 Å². The highest BCUT2D eigenvalue weighted by molar-refractivity contribution is 5.92. The lowest BCUT2D eigenvalue weighted by Crippen LogP contribution is -1.87. The maximum atomic E-state index is 4.34. The van der Waals surface area contributed by atoms with Crippen molar-refractivity contribution in [3.05, 3.63) is 55.1 Å². The molecule has 1 aromatic carbocycles. The molecule has 3 aromatic rings. The molecule has 0 N–H and O–H groups in total. The van der Waals surface area contributed by atoms with Gasteiger partial charge < -0.3 is 0 Å². The zero-order chi connectivity index (χ0) is 10.8. The second-order valence-electron chi connectivity index (χ2n) is 3.48. The zero-order valence-corrected chi connectivity index (χ0v) is 8.54. The lowest BCUT2D eigenvalue weighted by Gasteiger charge is -2.03. The Morgan fingerprint density at radius 1 is 0.875 bits per heavy atom. The van der Waals surface area contributed by atoms with Crippen molar-refractivity contribution < 1.29 is 0 Å². The maximum Gasteiger partial charge on any atom is 0.116 e. The van der Waals surface area contributed by atoms with E-state index in [0.717, 1.165) is 22.2 Å². The highest BCUT2D eigenvalue weighted by Gasteiger charge is 2.04. The molecule has 0 aliphatic carbocycles. The Morgan fingerprint density at radius 2 is 1.88 bits per heavy atom. The van der Waals surface area contributed by atoms with E-state index < -0.39 is 0 Å². The van der Waals surface area contributed by atoms with Gasteiger partial charge in [0.25, 0.3) is 0 Å². The molecule has 0 aliphatic rings. The van der Waals surface area contributed by atoms with E-state index >= 15 is 0 Å². The summed E-state index contributed by atoms with van der Waals surface area (Å²) in [5, 5.41) is 1.03. The third-order valence-electron chi connectivity index (χ3n) is 2.49. The Hall–Kier alpha value is -2.29. The molecule has 0 spiro atoms. The largest absolute Gasteiger partial charge is 0.256 e. The fourth-order valence-corrected chi connectivity index (χ4v) is 1.75. The number of aromatic nitrogens is 3. The molecular weight excluding hydrogens is 198 g/mol. The van der Waals surface area contributed by atoms with Gasteiger partial charge in [-0.15, -0.1) is 0 Å². The molecule has 0 bridgehead atoms. The minimum absolute atomic E-state index is 0.943. The topological polar surface area (TPSA) is 38.7 Å². The third kappa shape index (κ3) is 1.42. The molecule has 0 amide bonds. The highest BCUT2D eigenvalue weighted by Crippen LogP contribution is 2.24. The minimum atomic E-state index is 0.943. The van der Waals surface area contributed by atoms with Crippen LogP contribution in [0.25, 0.3) is 22.2 Å². The predicted octanol–water partition coefficient (Wildman–Crippen LogP) is 2.69. The quantitative estimate of drug-likeness (QED) is 0.615. The molecule has 0 saturated heterocycles. The molecule has 16 heavy (non-hydrogen) atoms. The monoisotopic (exact) mass is 207 g/mol. The van der Waals surface area contributed by atoms with Crippen LogP contribution in [0.4, 0.5) is 0 Å². The van der Waals surface area contributed by atoms with Crippen LogP contribution >= 0.6 is 0 Å². The van der Waals surface area contributed by atoms with Gasteiger partial charge in [-0.3, -0.25) is 4.98 Å². The van der Waals surface area contributed by atoms with Crippen LogP contribution in [0.5, 0.6) is 0 Å². The number of nitrogens with zero attached hydrogens (tertiary/aromatic N) is 3. The summed E-state index contributed by atoms with van der Waals surface area (Å²) < 4.78 is 0. The normalized spacial score (nSPS) is 10.5. The number of hydrogen-bond donors (Lipinski definition) is 0. The SMILES string of the molecule is c1ccc(-c2cccc3ncncc23)nc1. The Balaban J connectivity index is 2.32. The van der Waals surface area contributed by atoms with Crippen LogP contribution in [0.2, 0.25) is 0 Å². The molecule has 3 rings (SSSR count). The number of fused-ring (bicyclic) bond motifs is 1. The van der Waals surface area contributed by atoms with Gasteiger partial charge in [-0.05, 0) is 18.2 Å². The summed E-state index contributed by atoms with van der Waals surface area (Å²) in [4.78, 5) is 12.6. The van der Waals surface area contributed by atoms with Gasteiger partial charge in [-0.25, -0.2) is 9.97 Å². The molecule has 0 fully saturated rings. The van der Waals surface area contributed by atoms with Crippen molar-refractivity contribution in [3.63, 3.8) is 0 Å². The lowest BCUT2D eigenvalue weighted by atomic mass is 10.1. The van der Waals surface area contributed by atoms with Crippen molar-refractivity contribution in [1.82, 2.24) is 15.0 Å². The van der Waals surface area contributed by atoms with Crippen molar-refractivity contribution in [2.24, 2.45) is 0 Å². The van der Waals surface area contributed by atoms with Crippen LogP contribution in [0.15, 0.2) is 55.1 Å². The Kier molecular flexibility index (Phi) is 2.07. The fraction of sp³-hybridized carbons (Fsp3) is 0. The molecular formula is C13H9N3. The van der Waals surface area contributed by atoms with Crippen molar-refractivity contribution in [3.8, 4) is 11.3 Å². The van der Waals surface area contributed by atoms with Gasteiger partial charge in [0, 0.05) is 23.3 Å². The zero-order valence-electron chi connectivity index (χ0n) is 8.54. The van der Waals surface area contributed by atoms with E-state index in [0.29, 0.717) is 0 Å². The van der Waals surface area contributed by atoms with Gasteiger partial charge in [-0.1, -0.05) is 18.2 Å². The Bertz CT molecular complexity index is 615. The van der Waals surface area contributed by atoms with Gasteiger partial charge >= 0.3 is 0 Å². The van der Waals surface area contributed by atoms with E-state index in [-0.39, 0.29) is 0 Å². The summed E-state index contributed by atoms with van der Waals surface area (Å²) in [5.41, 5.74) is 2.96. The lowest BCUT2D eigenvalue weighted by molar-refractivity contribution is 1.22. The van der Waals surface area contributed by atoms with Crippen LogP contribution in [0.1, 0.15) is 0 Å². The van der Waals surface area contributed by atoms with Crippen molar-refractivity contribution in [2.75, 3.05) is 0 Å². The molecule has 2 heterocycles. The second kappa shape index (κ2) is 3.70. The standard InChI is InChI=1S/C13H9N3/c1-2-7-15-12(5-1)10-4-3-6-13-11(10)8-14-9-16-13/h1-9H. The molecule has 2 aromatic heterocycles. The summed E-state index contributed by atoms with van der Waals surface area (Å²) in [6.07, 6.45) is 5.18. The first-order chi connectivity index (χ1) is 7.95. The van der Waals surface area contributed by atoms with E-state index in [1.54, 1.807) is 12.5 Å². The number of pyridine rings is 1. The van der Waals surface area contributed by atoms with Crippen LogP contribution in [-0.4, -0.2) is 15.0 Å². The minimum Gasteiger partial charge on any atom is -0.256 e. The van der Waals surface area contributed by atoms with Crippen LogP contribution < -0.4 is 0 Å². The highest BCUT2D eigenvalue weighted by atomic mass is 14.8. The van der Waals surface area contributed by atoms with Crippen molar-refractivity contribution in [2.45, 2.75) is 0 Å². The molecule has 3 heteroatoms. The van der Waals surface area contributed by atoms with Gasteiger partial charge in [0.2, 0.25) is 0 Å². The van der Waals surface area contributed by atoms with Crippen LogP contribution in [0.3, 0.4) is 0 Å². The van der Waals surface area contributed by atoms with Gasteiger partial charge in [0.15, 0.2) is 0 Å². The summed E-state index contributed by atoms with van der Waals surface area (Å²) in [6.45, 7) is 0. The molecule has 3 nitrogen and oxygen atoms in total. The van der Waals surface area contributed by atoms with Crippen LogP contribution in [0, 0.1) is 0 Å². The molecule has 76 valence electrons. The molecule has 0 atom stereocenters. The average Bonchev–Trinajstić information content (AvgIpc) is 2.39. The fourth-order valence-electron chi connectivity index (χ4n) is 1.75. The van der Waals surface area contributed by atoms with E-state index in [4.69, 9.17) is 0 Å². The predicted molar refractivity (Wildman–Crippen MR) is 62.8 cm³/mol. The van der Waals surface area contributed by atoms with Crippen molar-refractivity contribution in [1.29, 1.82) is 0 Å². The smallest absolute Gasteiger partial charge is 0.116 e. The summed E-state index contributed by atoms with van der Waals surface area (Å²) in [6, 6.07) is 11.9. The first kappa shape index (κ1) is 8.97. The van der Waals surface area contributed by atoms with Gasteiger partial charge in [0.05, 0.1) is 11.2 Å². The third-order valence-corrected chi connectivity index (χ3v) is 2.49. The first-order valence-electron chi connectivity index (χ1n) is 5.05. The Morgan fingerprint density at radius 3 is 2.75 bits per heavy atom. The van der Waals surface area contributed by atoms with Crippen LogP contribution in [-0.2, 0) is 0 Å². The maximum absolute atomic E-state index is 4.34.